The minimum absolute atomic E-state index is 0.164. The van der Waals surface area contributed by atoms with Crippen molar-refractivity contribution in [2.45, 2.75) is 13.5 Å². The summed E-state index contributed by atoms with van der Waals surface area (Å²) < 4.78 is 20.0. The van der Waals surface area contributed by atoms with Crippen LogP contribution in [0.25, 0.3) is 11.3 Å². The zero-order valence-corrected chi connectivity index (χ0v) is 11.9. The van der Waals surface area contributed by atoms with E-state index in [-0.39, 0.29) is 11.5 Å². The van der Waals surface area contributed by atoms with E-state index < -0.39 is 5.97 Å². The molecule has 0 saturated heterocycles. The number of hydrogen-bond donors (Lipinski definition) is 1. The summed E-state index contributed by atoms with van der Waals surface area (Å²) in [5.74, 6) is -0.823. The molecule has 3 rings (SSSR count). The number of furan rings is 1. The maximum absolute atomic E-state index is 13.0. The molecule has 0 bridgehead atoms. The van der Waals surface area contributed by atoms with Gasteiger partial charge >= 0.3 is 5.97 Å². The van der Waals surface area contributed by atoms with Gasteiger partial charge in [0, 0.05) is 12.7 Å². The summed E-state index contributed by atoms with van der Waals surface area (Å²) in [6, 6.07) is 9.46. The SMILES string of the molecule is Cc1cn(Cc2ccc(F)cc2)c(C(=O)O)c1-c1ccco1. The van der Waals surface area contributed by atoms with Crippen molar-refractivity contribution >= 4 is 5.97 Å². The molecule has 2 heterocycles. The fourth-order valence-electron chi connectivity index (χ4n) is 2.57. The van der Waals surface area contributed by atoms with Crippen molar-refractivity contribution in [2.75, 3.05) is 0 Å². The summed E-state index contributed by atoms with van der Waals surface area (Å²) in [7, 11) is 0. The summed E-state index contributed by atoms with van der Waals surface area (Å²) in [5, 5.41) is 9.56. The molecule has 0 amide bonds. The van der Waals surface area contributed by atoms with E-state index in [1.807, 2.05) is 6.92 Å². The first-order valence-corrected chi connectivity index (χ1v) is 6.77. The largest absolute Gasteiger partial charge is 0.477 e. The number of carbonyl (C=O) groups is 1. The molecule has 2 aromatic heterocycles. The van der Waals surface area contributed by atoms with E-state index in [0.29, 0.717) is 17.9 Å². The van der Waals surface area contributed by atoms with Crippen LogP contribution in [0.5, 0.6) is 0 Å². The molecular weight excluding hydrogens is 285 g/mol. The maximum atomic E-state index is 13.0. The monoisotopic (exact) mass is 299 g/mol. The van der Waals surface area contributed by atoms with E-state index in [4.69, 9.17) is 4.42 Å². The lowest BCUT2D eigenvalue weighted by Gasteiger charge is -2.07. The molecule has 0 fully saturated rings. The number of rotatable bonds is 4. The van der Waals surface area contributed by atoms with Crippen LogP contribution >= 0.6 is 0 Å². The topological polar surface area (TPSA) is 55.4 Å². The van der Waals surface area contributed by atoms with E-state index in [9.17, 15) is 14.3 Å². The van der Waals surface area contributed by atoms with Gasteiger partial charge in [0.05, 0.1) is 11.8 Å². The van der Waals surface area contributed by atoms with Gasteiger partial charge in [0.1, 0.15) is 17.3 Å². The highest BCUT2D eigenvalue weighted by Gasteiger charge is 2.22. The van der Waals surface area contributed by atoms with E-state index in [1.165, 1.54) is 18.4 Å². The zero-order valence-electron chi connectivity index (χ0n) is 11.9. The van der Waals surface area contributed by atoms with Gasteiger partial charge in [0.15, 0.2) is 0 Å². The van der Waals surface area contributed by atoms with Crippen molar-refractivity contribution in [2.24, 2.45) is 0 Å². The zero-order chi connectivity index (χ0) is 15.7. The molecule has 0 unspecified atom stereocenters. The molecule has 22 heavy (non-hydrogen) atoms. The van der Waals surface area contributed by atoms with Gasteiger partial charge in [-0.05, 0) is 42.3 Å². The fourth-order valence-corrected chi connectivity index (χ4v) is 2.57. The molecule has 4 nitrogen and oxygen atoms in total. The molecule has 0 saturated carbocycles. The minimum Gasteiger partial charge on any atom is -0.477 e. The van der Waals surface area contributed by atoms with Crippen LogP contribution in [0.4, 0.5) is 4.39 Å². The second kappa shape index (κ2) is 5.52. The Kier molecular flexibility index (Phi) is 3.55. The molecular formula is C17H14FNO3. The molecule has 0 aliphatic carbocycles. The van der Waals surface area contributed by atoms with Crippen molar-refractivity contribution in [3.05, 3.63) is 71.5 Å². The van der Waals surface area contributed by atoms with E-state index in [0.717, 1.165) is 11.1 Å². The Labute approximate surface area is 126 Å². The van der Waals surface area contributed by atoms with Crippen LogP contribution in [0.2, 0.25) is 0 Å². The van der Waals surface area contributed by atoms with Crippen molar-refractivity contribution in [1.29, 1.82) is 0 Å². The predicted molar refractivity (Wildman–Crippen MR) is 79.3 cm³/mol. The van der Waals surface area contributed by atoms with Gasteiger partial charge in [0.2, 0.25) is 0 Å². The third-order valence-corrected chi connectivity index (χ3v) is 3.50. The Morgan fingerprint density at radius 3 is 2.59 bits per heavy atom. The number of hydrogen-bond acceptors (Lipinski definition) is 2. The van der Waals surface area contributed by atoms with E-state index >= 15 is 0 Å². The van der Waals surface area contributed by atoms with Crippen LogP contribution in [0.1, 0.15) is 21.6 Å². The first kappa shape index (κ1) is 14.1. The van der Waals surface area contributed by atoms with E-state index in [2.05, 4.69) is 0 Å². The van der Waals surface area contributed by atoms with Crippen LogP contribution in [-0.2, 0) is 6.54 Å². The summed E-state index contributed by atoms with van der Waals surface area (Å²) >= 11 is 0. The second-order valence-corrected chi connectivity index (χ2v) is 5.07. The van der Waals surface area contributed by atoms with Crippen LogP contribution in [0.3, 0.4) is 0 Å². The van der Waals surface area contributed by atoms with Gasteiger partial charge in [-0.2, -0.15) is 0 Å². The van der Waals surface area contributed by atoms with Gasteiger partial charge in [0.25, 0.3) is 0 Å². The van der Waals surface area contributed by atoms with Gasteiger partial charge in [-0.15, -0.1) is 0 Å². The second-order valence-electron chi connectivity index (χ2n) is 5.07. The van der Waals surface area contributed by atoms with Gasteiger partial charge in [-0.25, -0.2) is 9.18 Å². The number of carboxylic acid groups (broad SMARTS) is 1. The average Bonchev–Trinajstić information content (AvgIpc) is 3.08. The summed E-state index contributed by atoms with van der Waals surface area (Å²) in [6.07, 6.45) is 3.28. The highest BCUT2D eigenvalue weighted by Crippen LogP contribution is 2.30. The Morgan fingerprint density at radius 2 is 2.00 bits per heavy atom. The van der Waals surface area contributed by atoms with Crippen LogP contribution < -0.4 is 0 Å². The van der Waals surface area contributed by atoms with Gasteiger partial charge in [-0.1, -0.05) is 12.1 Å². The first-order chi connectivity index (χ1) is 10.6. The Bertz CT molecular complexity index is 801. The predicted octanol–water partition coefficient (Wildman–Crippen LogP) is 3.94. The molecule has 0 spiro atoms. The Balaban J connectivity index is 2.06. The van der Waals surface area contributed by atoms with Crippen LogP contribution in [0.15, 0.2) is 53.3 Å². The number of carboxylic acids is 1. The number of aromatic carboxylic acids is 1. The molecule has 0 radical (unpaired) electrons. The van der Waals surface area contributed by atoms with E-state index in [1.54, 1.807) is 35.0 Å². The molecule has 5 heteroatoms. The smallest absolute Gasteiger partial charge is 0.353 e. The third-order valence-electron chi connectivity index (χ3n) is 3.50. The molecule has 112 valence electrons. The Hall–Kier alpha value is -2.82. The lowest BCUT2D eigenvalue weighted by Crippen LogP contribution is -2.09. The fraction of sp³-hybridized carbons (Fsp3) is 0.118. The first-order valence-electron chi connectivity index (χ1n) is 6.77. The average molecular weight is 299 g/mol. The molecule has 3 aromatic rings. The normalized spacial score (nSPS) is 10.8. The summed E-state index contributed by atoms with van der Waals surface area (Å²) in [6.45, 7) is 2.19. The molecule has 0 atom stereocenters. The molecule has 0 aliphatic rings. The van der Waals surface area contributed by atoms with Crippen molar-refractivity contribution < 1.29 is 18.7 Å². The van der Waals surface area contributed by atoms with Crippen LogP contribution in [-0.4, -0.2) is 15.6 Å². The third kappa shape index (κ3) is 2.53. The van der Waals surface area contributed by atoms with Crippen LogP contribution in [0, 0.1) is 12.7 Å². The number of benzene rings is 1. The standard InChI is InChI=1S/C17H14FNO3/c1-11-9-19(10-12-4-6-13(18)7-5-12)16(17(20)21)15(11)14-3-2-8-22-14/h2-9H,10H2,1H3,(H,20,21). The molecule has 1 aromatic carbocycles. The number of aryl methyl sites for hydroxylation is 1. The summed E-state index contributed by atoms with van der Waals surface area (Å²) in [5.41, 5.74) is 2.37. The number of aromatic nitrogens is 1. The molecule has 0 aliphatic heterocycles. The van der Waals surface area contributed by atoms with Crippen molar-refractivity contribution in [3.8, 4) is 11.3 Å². The highest BCUT2D eigenvalue weighted by molar-refractivity contribution is 5.95. The van der Waals surface area contributed by atoms with Gasteiger partial charge < -0.3 is 14.1 Å². The number of nitrogens with zero attached hydrogens (tertiary/aromatic N) is 1. The maximum Gasteiger partial charge on any atom is 0.353 e. The number of halogens is 1. The lowest BCUT2D eigenvalue weighted by molar-refractivity contribution is 0.0686. The highest BCUT2D eigenvalue weighted by atomic mass is 19.1. The quantitative estimate of drug-likeness (QED) is 0.793. The van der Waals surface area contributed by atoms with Crippen molar-refractivity contribution in [3.63, 3.8) is 0 Å². The molecule has 1 N–H and O–H groups in total. The Morgan fingerprint density at radius 1 is 1.27 bits per heavy atom. The van der Waals surface area contributed by atoms with Crippen molar-refractivity contribution in [1.82, 2.24) is 4.57 Å². The lowest BCUT2D eigenvalue weighted by atomic mass is 10.1. The minimum atomic E-state index is -1.03. The summed E-state index contributed by atoms with van der Waals surface area (Å²) in [4.78, 5) is 11.7. The van der Waals surface area contributed by atoms with Gasteiger partial charge in [-0.3, -0.25) is 0 Å².